The molecule has 0 saturated carbocycles. The molecule has 5 nitrogen and oxygen atoms in total. The standard InChI is InChI=1S/C24H18N3O2Te2/c1-24(2)17-10-6-7-11-19(17)27(14-8-4-3-5-9-14)22-18(24)13-15(31-22)12-16-20(28)25-23(30)26-21(16)29/h3-13H,1-2H3,(H,25,26,28,29). The van der Waals surface area contributed by atoms with Crippen LogP contribution in [0.4, 0.5) is 15.1 Å². The SMILES string of the molecule is CC1(C)c2ccccc2N(c2ccccc2)c2[te]c(/C=C3/C(=O)N=C([Te])NC3=O)cc21. The normalized spacial score (nSPS) is 18.3. The van der Waals surface area contributed by atoms with E-state index in [1.165, 1.54) is 20.5 Å². The second-order valence-corrected chi connectivity index (χ2v) is 12.1. The number of nitrogens with zero attached hydrogens (tertiary/aromatic N) is 2. The Labute approximate surface area is 203 Å². The Morgan fingerprint density at radius 1 is 1.03 bits per heavy atom. The summed E-state index contributed by atoms with van der Waals surface area (Å²) in [5, 5.41) is 2.65. The maximum absolute atomic E-state index is 12.4. The Kier molecular flexibility index (Phi) is 5.19. The fourth-order valence-corrected chi connectivity index (χ4v) is 8.28. The maximum atomic E-state index is 12.4. The number of amides is 2. The molecule has 1 aromatic heterocycles. The van der Waals surface area contributed by atoms with Gasteiger partial charge < -0.3 is 0 Å². The molecule has 0 aliphatic carbocycles. The van der Waals surface area contributed by atoms with Gasteiger partial charge in [0.1, 0.15) is 0 Å². The number of amidine groups is 1. The summed E-state index contributed by atoms with van der Waals surface area (Å²) >= 11 is 0.712. The molecule has 5 rings (SSSR count). The van der Waals surface area contributed by atoms with Crippen LogP contribution in [0.5, 0.6) is 0 Å². The number of para-hydroxylation sites is 2. The van der Waals surface area contributed by atoms with Crippen LogP contribution >= 0.6 is 0 Å². The van der Waals surface area contributed by atoms with Gasteiger partial charge >= 0.3 is 205 Å². The second-order valence-electron chi connectivity index (χ2n) is 7.91. The Morgan fingerprint density at radius 2 is 1.74 bits per heavy atom. The van der Waals surface area contributed by atoms with Gasteiger partial charge in [0.2, 0.25) is 0 Å². The average molecular weight is 636 g/mol. The summed E-state index contributed by atoms with van der Waals surface area (Å²) in [5.41, 5.74) is 4.78. The zero-order chi connectivity index (χ0) is 21.8. The monoisotopic (exact) mass is 640 g/mol. The third kappa shape index (κ3) is 3.51. The molecular formula is C24H18N3O2Te2. The summed E-state index contributed by atoms with van der Waals surface area (Å²) in [5.74, 6) is -0.842. The fourth-order valence-electron chi connectivity index (χ4n) is 4.08. The van der Waals surface area contributed by atoms with E-state index in [4.69, 9.17) is 0 Å². The van der Waals surface area contributed by atoms with Gasteiger partial charge in [-0.15, -0.1) is 0 Å². The van der Waals surface area contributed by atoms with Gasteiger partial charge in [-0.3, -0.25) is 0 Å². The first-order chi connectivity index (χ1) is 14.9. The van der Waals surface area contributed by atoms with Crippen LogP contribution in [-0.2, 0) is 15.0 Å². The summed E-state index contributed by atoms with van der Waals surface area (Å²) in [6, 6.07) is 21.1. The molecule has 2 aromatic carbocycles. The summed E-state index contributed by atoms with van der Waals surface area (Å²) in [6.07, 6.45) is 1.75. The van der Waals surface area contributed by atoms with Crippen molar-refractivity contribution in [3.05, 3.63) is 80.9 Å². The second kappa shape index (κ2) is 7.76. The summed E-state index contributed by atoms with van der Waals surface area (Å²) in [6.45, 7) is 4.49. The Hall–Kier alpha value is -2.15. The predicted octanol–water partition coefficient (Wildman–Crippen LogP) is 3.42. The van der Waals surface area contributed by atoms with Crippen molar-refractivity contribution in [1.82, 2.24) is 5.32 Å². The molecule has 0 saturated heterocycles. The molecule has 0 atom stereocenters. The third-order valence-electron chi connectivity index (χ3n) is 5.63. The molecule has 0 unspecified atom stereocenters. The number of carbonyl (C=O) groups is 2. The molecule has 31 heavy (non-hydrogen) atoms. The van der Waals surface area contributed by atoms with Crippen LogP contribution in [0.3, 0.4) is 0 Å². The van der Waals surface area contributed by atoms with E-state index in [-0.39, 0.29) is 16.9 Å². The van der Waals surface area contributed by atoms with Crippen LogP contribution < -0.4 is 10.2 Å². The number of hydrogen-bond acceptors (Lipinski definition) is 3. The van der Waals surface area contributed by atoms with Crippen LogP contribution in [0, 0.1) is 0 Å². The van der Waals surface area contributed by atoms with Gasteiger partial charge in [-0.2, -0.15) is 0 Å². The Bertz CT molecular complexity index is 1290. The number of anilines is 3. The third-order valence-corrected chi connectivity index (χ3v) is 9.22. The van der Waals surface area contributed by atoms with Crippen molar-refractivity contribution in [1.29, 1.82) is 0 Å². The number of nitrogens with one attached hydrogen (secondary N) is 1. The van der Waals surface area contributed by atoms with E-state index in [9.17, 15) is 9.59 Å². The fraction of sp³-hybridized carbons (Fsp3) is 0.125. The number of aliphatic imine (C=N–C) groups is 1. The zero-order valence-corrected chi connectivity index (χ0v) is 21.5. The minimum absolute atomic E-state index is 0.116. The first kappa shape index (κ1) is 20.7. The summed E-state index contributed by atoms with van der Waals surface area (Å²) in [7, 11) is 0. The number of benzene rings is 2. The first-order valence-corrected chi connectivity index (χ1v) is 13.3. The molecule has 0 bridgehead atoms. The molecule has 3 aromatic rings. The van der Waals surface area contributed by atoms with Gasteiger partial charge in [-0.25, -0.2) is 0 Å². The van der Waals surface area contributed by atoms with Gasteiger partial charge in [0.05, 0.1) is 0 Å². The minimum atomic E-state index is -0.829. The molecule has 7 heteroatoms. The number of fused-ring (bicyclic) bond motifs is 2. The summed E-state index contributed by atoms with van der Waals surface area (Å²) in [4.78, 5) is 31.0. The van der Waals surface area contributed by atoms with E-state index in [1.54, 1.807) is 28.4 Å². The van der Waals surface area contributed by atoms with Crippen molar-refractivity contribution < 1.29 is 9.59 Å². The molecule has 1 N–H and O–H groups in total. The van der Waals surface area contributed by atoms with Gasteiger partial charge in [-0.1, -0.05) is 0 Å². The average Bonchev–Trinajstić information content (AvgIpc) is 3.16. The quantitative estimate of drug-likeness (QED) is 0.267. The molecule has 2 aliphatic rings. The van der Waals surface area contributed by atoms with E-state index < -0.39 is 26.3 Å². The van der Waals surface area contributed by atoms with Crippen molar-refractivity contribution >= 4 is 79.6 Å². The molecule has 3 heterocycles. The molecule has 0 fully saturated rings. The molecular weight excluding hydrogens is 617 g/mol. The molecule has 2 amide bonds. The van der Waals surface area contributed by atoms with Crippen molar-refractivity contribution in [3.8, 4) is 0 Å². The van der Waals surface area contributed by atoms with E-state index in [0.717, 1.165) is 9.27 Å². The molecule has 1 radical (unpaired) electrons. The van der Waals surface area contributed by atoms with Crippen molar-refractivity contribution in [3.63, 3.8) is 0 Å². The Balaban J connectivity index is 1.70. The van der Waals surface area contributed by atoms with E-state index in [0.29, 0.717) is 3.88 Å². The van der Waals surface area contributed by atoms with Gasteiger partial charge in [-0.05, 0) is 0 Å². The molecule has 0 spiro atoms. The number of hydrogen-bond donors (Lipinski definition) is 1. The van der Waals surface area contributed by atoms with E-state index in [1.807, 2.05) is 6.07 Å². The summed E-state index contributed by atoms with van der Waals surface area (Å²) < 4.78 is 2.71. The zero-order valence-electron chi connectivity index (χ0n) is 16.9. The van der Waals surface area contributed by atoms with Gasteiger partial charge in [0.25, 0.3) is 0 Å². The molecule has 2 aliphatic heterocycles. The van der Waals surface area contributed by atoms with Crippen LogP contribution in [0.15, 0.2) is 71.2 Å². The number of carbonyl (C=O) groups excluding carboxylic acids is 2. The van der Waals surface area contributed by atoms with Crippen molar-refractivity contribution in [2.45, 2.75) is 19.3 Å². The number of rotatable bonds is 2. The first-order valence-electron chi connectivity index (χ1n) is 9.78. The van der Waals surface area contributed by atoms with Gasteiger partial charge in [0.15, 0.2) is 0 Å². The van der Waals surface area contributed by atoms with Crippen molar-refractivity contribution in [2.75, 3.05) is 4.90 Å². The van der Waals surface area contributed by atoms with Crippen molar-refractivity contribution in [2.24, 2.45) is 4.99 Å². The molecule has 153 valence electrons. The van der Waals surface area contributed by atoms with Crippen LogP contribution in [-0.4, -0.2) is 58.4 Å². The Morgan fingerprint density at radius 3 is 2.48 bits per heavy atom. The topological polar surface area (TPSA) is 61.8 Å². The van der Waals surface area contributed by atoms with E-state index >= 15 is 0 Å². The van der Waals surface area contributed by atoms with Crippen LogP contribution in [0.1, 0.15) is 28.6 Å². The van der Waals surface area contributed by atoms with Crippen LogP contribution in [0.2, 0.25) is 0 Å². The van der Waals surface area contributed by atoms with E-state index in [2.05, 4.69) is 83.7 Å². The predicted molar refractivity (Wildman–Crippen MR) is 125 cm³/mol. The van der Waals surface area contributed by atoms with Gasteiger partial charge in [0, 0.05) is 0 Å². The van der Waals surface area contributed by atoms with Crippen LogP contribution in [0.25, 0.3) is 6.08 Å².